The van der Waals surface area contributed by atoms with E-state index < -0.39 is 42.2 Å². The molecule has 1 N–H and O–H groups in total. The highest BCUT2D eigenvalue weighted by atomic mass is 79.9. The molecule has 0 aliphatic heterocycles. The number of hydrogen-bond acceptors (Lipinski definition) is 7. The second-order valence-corrected chi connectivity index (χ2v) is 6.87. The quantitative estimate of drug-likeness (QED) is 0.455. The number of carbonyl (C=O) groups excluding carboxylic acids is 4. The molecule has 0 unspecified atom stereocenters. The second-order valence-electron chi connectivity index (χ2n) is 5.04. The van der Waals surface area contributed by atoms with Gasteiger partial charge in [-0.2, -0.15) is 0 Å². The van der Waals surface area contributed by atoms with Crippen molar-refractivity contribution in [1.82, 2.24) is 5.32 Å². The van der Waals surface area contributed by atoms with E-state index in [0.29, 0.717) is 8.95 Å². The first-order valence-corrected chi connectivity index (χ1v) is 8.81. The minimum atomic E-state index is -1.43. The highest BCUT2D eigenvalue weighted by molar-refractivity contribution is 9.11. The van der Waals surface area contributed by atoms with Gasteiger partial charge in [-0.05, 0) is 18.2 Å². The lowest BCUT2D eigenvalue weighted by atomic mass is 9.95. The van der Waals surface area contributed by atoms with Gasteiger partial charge < -0.3 is 19.5 Å². The van der Waals surface area contributed by atoms with Crippen LogP contribution in [0.3, 0.4) is 0 Å². The molecule has 142 valence electrons. The van der Waals surface area contributed by atoms with Gasteiger partial charge in [0, 0.05) is 14.5 Å². The Balaban J connectivity index is 3.17. The number of carbonyl (C=O) groups is 4. The number of esters is 3. The van der Waals surface area contributed by atoms with Crippen LogP contribution in [0.4, 0.5) is 0 Å². The summed E-state index contributed by atoms with van der Waals surface area (Å²) in [6.45, 7) is 0. The molecule has 0 radical (unpaired) electrons. The summed E-state index contributed by atoms with van der Waals surface area (Å²) in [5, 5.41) is 2.42. The van der Waals surface area contributed by atoms with Crippen LogP contribution in [-0.2, 0) is 28.6 Å². The first-order chi connectivity index (χ1) is 12.2. The van der Waals surface area contributed by atoms with E-state index in [-0.39, 0.29) is 5.56 Å². The van der Waals surface area contributed by atoms with Crippen molar-refractivity contribution in [1.29, 1.82) is 0 Å². The van der Waals surface area contributed by atoms with E-state index in [0.717, 1.165) is 21.3 Å². The fourth-order valence-corrected chi connectivity index (χ4v) is 3.41. The smallest absolute Gasteiger partial charge is 0.329 e. The lowest BCUT2D eigenvalue weighted by Gasteiger charge is -2.23. The van der Waals surface area contributed by atoms with E-state index in [1.165, 1.54) is 12.1 Å². The number of halogens is 2. The predicted octanol–water partition coefficient (Wildman–Crippen LogP) is 1.84. The first-order valence-electron chi connectivity index (χ1n) is 7.22. The fraction of sp³-hybridized carbons (Fsp3) is 0.375. The van der Waals surface area contributed by atoms with Crippen LogP contribution < -0.4 is 5.32 Å². The normalized spacial score (nSPS) is 12.5. The van der Waals surface area contributed by atoms with E-state index in [4.69, 9.17) is 0 Å². The third-order valence-electron chi connectivity index (χ3n) is 3.39. The maximum Gasteiger partial charge on any atom is 0.329 e. The molecule has 8 nitrogen and oxygen atoms in total. The molecular weight excluding hydrogens is 478 g/mol. The van der Waals surface area contributed by atoms with Gasteiger partial charge in [0.15, 0.2) is 0 Å². The van der Waals surface area contributed by atoms with Gasteiger partial charge in [0.1, 0.15) is 6.04 Å². The molecule has 0 aliphatic carbocycles. The number of rotatable bonds is 7. The zero-order valence-electron chi connectivity index (χ0n) is 14.2. The monoisotopic (exact) mass is 493 g/mol. The fourth-order valence-electron chi connectivity index (χ4n) is 2.11. The highest BCUT2D eigenvalue weighted by Crippen LogP contribution is 2.21. The summed E-state index contributed by atoms with van der Waals surface area (Å²) in [5.74, 6) is -4.44. The number of ether oxygens (including phenoxy) is 3. The zero-order chi connectivity index (χ0) is 19.9. The highest BCUT2D eigenvalue weighted by Gasteiger charge is 2.38. The maximum atomic E-state index is 12.5. The van der Waals surface area contributed by atoms with Crippen LogP contribution in [0.15, 0.2) is 27.1 Å². The van der Waals surface area contributed by atoms with Crippen molar-refractivity contribution < 1.29 is 33.4 Å². The molecule has 0 fully saturated rings. The average molecular weight is 495 g/mol. The second kappa shape index (κ2) is 10.3. The Kier molecular flexibility index (Phi) is 8.73. The van der Waals surface area contributed by atoms with Crippen molar-refractivity contribution in [3.8, 4) is 0 Å². The Bertz CT molecular complexity index is 688. The Morgan fingerprint density at radius 3 is 1.92 bits per heavy atom. The first kappa shape index (κ1) is 22.1. The number of benzene rings is 1. The van der Waals surface area contributed by atoms with E-state index in [2.05, 4.69) is 51.4 Å². The van der Waals surface area contributed by atoms with E-state index >= 15 is 0 Å². The van der Waals surface area contributed by atoms with Crippen LogP contribution in [0.2, 0.25) is 0 Å². The van der Waals surface area contributed by atoms with E-state index in [1.54, 1.807) is 6.07 Å². The molecule has 0 spiro atoms. The third-order valence-corrected chi connectivity index (χ3v) is 4.30. The van der Waals surface area contributed by atoms with Crippen molar-refractivity contribution in [2.45, 2.75) is 12.5 Å². The molecule has 10 heteroatoms. The van der Waals surface area contributed by atoms with Gasteiger partial charge >= 0.3 is 17.9 Å². The van der Waals surface area contributed by atoms with Gasteiger partial charge in [0.05, 0.1) is 33.7 Å². The lowest BCUT2D eigenvalue weighted by molar-refractivity contribution is -0.158. The molecule has 0 aromatic heterocycles. The topological polar surface area (TPSA) is 108 Å². The number of amides is 1. The minimum Gasteiger partial charge on any atom is -0.469 e. The summed E-state index contributed by atoms with van der Waals surface area (Å²) in [5.41, 5.74) is 0.224. The van der Waals surface area contributed by atoms with Crippen molar-refractivity contribution in [3.05, 3.63) is 32.7 Å². The number of methoxy groups -OCH3 is 3. The van der Waals surface area contributed by atoms with Gasteiger partial charge in [0.2, 0.25) is 0 Å². The van der Waals surface area contributed by atoms with E-state index in [9.17, 15) is 19.2 Å². The Morgan fingerprint density at radius 2 is 1.46 bits per heavy atom. The van der Waals surface area contributed by atoms with Crippen molar-refractivity contribution in [2.24, 2.45) is 5.92 Å². The van der Waals surface area contributed by atoms with E-state index in [1.807, 2.05) is 0 Å². The Morgan fingerprint density at radius 1 is 0.923 bits per heavy atom. The molecule has 1 aromatic rings. The molecule has 2 atom stereocenters. The molecule has 1 amide bonds. The summed E-state index contributed by atoms with van der Waals surface area (Å²) < 4.78 is 15.1. The summed E-state index contributed by atoms with van der Waals surface area (Å²) in [6.07, 6.45) is -0.467. The minimum absolute atomic E-state index is 0.224. The molecule has 0 heterocycles. The summed E-state index contributed by atoms with van der Waals surface area (Å²) in [6, 6.07) is 3.35. The van der Waals surface area contributed by atoms with Crippen molar-refractivity contribution in [3.63, 3.8) is 0 Å². The molecule has 1 rings (SSSR count). The zero-order valence-corrected chi connectivity index (χ0v) is 17.4. The van der Waals surface area contributed by atoms with Crippen LogP contribution in [-0.4, -0.2) is 51.2 Å². The van der Waals surface area contributed by atoms with Crippen LogP contribution in [0.25, 0.3) is 0 Å². The van der Waals surface area contributed by atoms with Gasteiger partial charge in [-0.1, -0.05) is 31.9 Å². The molecule has 26 heavy (non-hydrogen) atoms. The molecular formula is C16H17Br2NO7. The number of nitrogens with one attached hydrogen (secondary N) is 1. The molecule has 0 bridgehead atoms. The summed E-state index contributed by atoms with van der Waals surface area (Å²) >= 11 is 6.52. The predicted molar refractivity (Wildman–Crippen MR) is 97.3 cm³/mol. The standard InChI is InChI=1S/C16H17Br2NO7/c1-24-12(20)7-11(15(22)25-2)13(16(23)26-3)19-14(21)8-4-9(17)6-10(18)5-8/h4-6,11,13H,7H2,1-3H3,(H,19,21)/t11-,13-/m0/s1. The van der Waals surface area contributed by atoms with Gasteiger partial charge in [-0.3, -0.25) is 14.4 Å². The summed E-state index contributed by atoms with van der Waals surface area (Å²) in [7, 11) is 3.35. The molecule has 0 saturated heterocycles. The van der Waals surface area contributed by atoms with Crippen molar-refractivity contribution >= 4 is 55.7 Å². The molecule has 0 saturated carbocycles. The van der Waals surface area contributed by atoms with Gasteiger partial charge in [-0.15, -0.1) is 0 Å². The SMILES string of the molecule is COC(=O)C[C@H](C(=O)OC)[C@H](NC(=O)c1cc(Br)cc(Br)c1)C(=O)OC. The molecule has 0 aliphatic rings. The Hall–Kier alpha value is -1.94. The lowest BCUT2D eigenvalue weighted by Crippen LogP contribution is -2.50. The average Bonchev–Trinajstić information content (AvgIpc) is 2.61. The van der Waals surface area contributed by atoms with Gasteiger partial charge in [0.25, 0.3) is 5.91 Å². The largest absolute Gasteiger partial charge is 0.469 e. The molecule has 1 aromatic carbocycles. The van der Waals surface area contributed by atoms with Crippen molar-refractivity contribution in [2.75, 3.05) is 21.3 Å². The van der Waals surface area contributed by atoms with Crippen LogP contribution in [0, 0.1) is 5.92 Å². The van der Waals surface area contributed by atoms with Crippen LogP contribution in [0.5, 0.6) is 0 Å². The number of hydrogen-bond donors (Lipinski definition) is 1. The summed E-state index contributed by atoms with van der Waals surface area (Å²) in [4.78, 5) is 48.3. The third kappa shape index (κ3) is 6.10. The van der Waals surface area contributed by atoms with Gasteiger partial charge in [-0.25, -0.2) is 4.79 Å². The maximum absolute atomic E-state index is 12.5. The van der Waals surface area contributed by atoms with Crippen LogP contribution >= 0.6 is 31.9 Å². The Labute approximate surface area is 166 Å². The van der Waals surface area contributed by atoms with Crippen LogP contribution in [0.1, 0.15) is 16.8 Å².